The van der Waals surface area contributed by atoms with E-state index in [1.165, 1.54) is 11.1 Å². The normalized spacial score (nSPS) is 10.8. The number of aryl methyl sites for hydroxylation is 1. The summed E-state index contributed by atoms with van der Waals surface area (Å²) in [5.41, 5.74) is 4.66. The minimum absolute atomic E-state index is 0.440. The van der Waals surface area contributed by atoms with E-state index in [0.29, 0.717) is 5.92 Å². The molecule has 1 aromatic heterocycles. The van der Waals surface area contributed by atoms with Crippen LogP contribution in [-0.2, 0) is 6.42 Å². The van der Waals surface area contributed by atoms with E-state index < -0.39 is 0 Å². The van der Waals surface area contributed by atoms with Crippen molar-refractivity contribution < 1.29 is 0 Å². The van der Waals surface area contributed by atoms with E-state index in [4.69, 9.17) is 0 Å². The van der Waals surface area contributed by atoms with Crippen molar-refractivity contribution in [2.24, 2.45) is 0 Å². The molecule has 17 heavy (non-hydrogen) atoms. The number of hydrogen-bond donors (Lipinski definition) is 0. The van der Waals surface area contributed by atoms with Crippen LogP contribution >= 0.6 is 0 Å². The number of nitrogens with zero attached hydrogens (tertiary/aromatic N) is 2. The molecular weight excluding hydrogens is 208 g/mol. The first kappa shape index (κ1) is 11.8. The molecule has 0 atom stereocenters. The van der Waals surface area contributed by atoms with Crippen LogP contribution in [0.3, 0.4) is 0 Å². The fourth-order valence-corrected chi connectivity index (χ4v) is 1.79. The van der Waals surface area contributed by atoms with Crippen LogP contribution in [-0.4, -0.2) is 9.97 Å². The maximum Gasteiger partial charge on any atom is 0.0630 e. The second-order valence-corrected chi connectivity index (χ2v) is 4.75. The zero-order valence-corrected chi connectivity index (χ0v) is 10.6. The minimum Gasteiger partial charge on any atom is -0.258 e. The highest BCUT2D eigenvalue weighted by Gasteiger charge is 2.02. The van der Waals surface area contributed by atoms with Crippen molar-refractivity contribution in [3.05, 3.63) is 59.2 Å². The molecule has 1 aromatic carbocycles. The quantitative estimate of drug-likeness (QED) is 0.800. The highest BCUT2D eigenvalue weighted by Crippen LogP contribution is 2.12. The molecule has 0 fully saturated rings. The molecule has 2 aromatic rings. The smallest absolute Gasteiger partial charge is 0.0630 e. The summed E-state index contributed by atoms with van der Waals surface area (Å²) in [6, 6.07) is 8.51. The number of benzene rings is 1. The van der Waals surface area contributed by atoms with E-state index in [1.807, 2.05) is 12.4 Å². The van der Waals surface area contributed by atoms with Gasteiger partial charge in [0, 0.05) is 18.8 Å². The summed E-state index contributed by atoms with van der Waals surface area (Å²) in [4.78, 5) is 8.90. The molecule has 0 radical (unpaired) electrons. The van der Waals surface area contributed by atoms with Gasteiger partial charge in [0.25, 0.3) is 0 Å². The molecule has 0 saturated heterocycles. The zero-order chi connectivity index (χ0) is 12.3. The van der Waals surface area contributed by atoms with Crippen molar-refractivity contribution in [3.63, 3.8) is 0 Å². The van der Waals surface area contributed by atoms with Gasteiger partial charge in [0.15, 0.2) is 0 Å². The summed E-state index contributed by atoms with van der Waals surface area (Å²) < 4.78 is 0. The Bertz CT molecular complexity index is 487. The Balaban J connectivity index is 2.14. The maximum absolute atomic E-state index is 4.46. The van der Waals surface area contributed by atoms with E-state index in [9.17, 15) is 0 Å². The molecule has 0 aliphatic heterocycles. The van der Waals surface area contributed by atoms with Gasteiger partial charge in [0.05, 0.1) is 11.4 Å². The lowest BCUT2D eigenvalue weighted by molar-refractivity contribution is 0.803. The average Bonchev–Trinajstić information content (AvgIpc) is 2.29. The van der Waals surface area contributed by atoms with Gasteiger partial charge >= 0.3 is 0 Å². The fraction of sp³-hybridized carbons (Fsp3) is 0.333. The van der Waals surface area contributed by atoms with Gasteiger partial charge in [-0.05, 0) is 18.4 Å². The van der Waals surface area contributed by atoms with E-state index in [0.717, 1.165) is 17.8 Å². The third kappa shape index (κ3) is 3.13. The molecule has 0 N–H and O–H groups in total. The van der Waals surface area contributed by atoms with Crippen molar-refractivity contribution in [1.82, 2.24) is 9.97 Å². The molecule has 2 rings (SSSR count). The largest absolute Gasteiger partial charge is 0.258 e. The van der Waals surface area contributed by atoms with Crippen LogP contribution in [0.25, 0.3) is 0 Å². The molecular formula is C15H18N2. The van der Waals surface area contributed by atoms with Crippen molar-refractivity contribution in [2.45, 2.75) is 33.1 Å². The van der Waals surface area contributed by atoms with E-state index in [1.54, 1.807) is 0 Å². The molecule has 2 nitrogen and oxygen atoms in total. The number of hydrogen-bond acceptors (Lipinski definition) is 2. The Morgan fingerprint density at radius 1 is 1.12 bits per heavy atom. The van der Waals surface area contributed by atoms with Gasteiger partial charge in [0.1, 0.15) is 0 Å². The molecule has 0 unspecified atom stereocenters. The van der Waals surface area contributed by atoms with E-state index in [2.05, 4.69) is 55.0 Å². The molecule has 0 spiro atoms. The van der Waals surface area contributed by atoms with Crippen LogP contribution in [0.5, 0.6) is 0 Å². The molecule has 0 saturated carbocycles. The first-order chi connectivity index (χ1) is 8.15. The first-order valence-electron chi connectivity index (χ1n) is 6.01. The van der Waals surface area contributed by atoms with Crippen LogP contribution in [0, 0.1) is 6.92 Å². The van der Waals surface area contributed by atoms with Crippen LogP contribution in [0.2, 0.25) is 0 Å². The van der Waals surface area contributed by atoms with Crippen molar-refractivity contribution in [3.8, 4) is 0 Å². The Kier molecular flexibility index (Phi) is 3.52. The Morgan fingerprint density at radius 2 is 1.94 bits per heavy atom. The Hall–Kier alpha value is -1.70. The Labute approximate surface area is 103 Å². The van der Waals surface area contributed by atoms with Gasteiger partial charge < -0.3 is 0 Å². The summed E-state index contributed by atoms with van der Waals surface area (Å²) in [5.74, 6) is 0.440. The molecule has 0 amide bonds. The second kappa shape index (κ2) is 5.09. The zero-order valence-electron chi connectivity index (χ0n) is 10.6. The Morgan fingerprint density at radius 3 is 2.53 bits per heavy atom. The third-order valence-corrected chi connectivity index (χ3v) is 2.78. The lowest BCUT2D eigenvalue weighted by Crippen LogP contribution is -1.98. The lowest BCUT2D eigenvalue weighted by Gasteiger charge is -2.05. The van der Waals surface area contributed by atoms with E-state index >= 15 is 0 Å². The topological polar surface area (TPSA) is 25.8 Å². The third-order valence-electron chi connectivity index (χ3n) is 2.78. The van der Waals surface area contributed by atoms with Gasteiger partial charge in [-0.2, -0.15) is 0 Å². The standard InChI is InChI=1S/C15H18N2/c1-11(2)15-10-16-14(9-17-15)8-13-6-4-5-12(3)7-13/h4-7,9-11H,8H2,1-3H3. The maximum atomic E-state index is 4.46. The van der Waals surface area contributed by atoms with Crippen LogP contribution in [0.15, 0.2) is 36.7 Å². The monoisotopic (exact) mass is 226 g/mol. The fourth-order valence-electron chi connectivity index (χ4n) is 1.79. The van der Waals surface area contributed by atoms with Gasteiger partial charge in [-0.25, -0.2) is 0 Å². The van der Waals surface area contributed by atoms with Gasteiger partial charge in [0.2, 0.25) is 0 Å². The van der Waals surface area contributed by atoms with Gasteiger partial charge in [-0.15, -0.1) is 0 Å². The number of aromatic nitrogens is 2. The van der Waals surface area contributed by atoms with Gasteiger partial charge in [-0.3, -0.25) is 9.97 Å². The summed E-state index contributed by atoms with van der Waals surface area (Å²) >= 11 is 0. The van der Waals surface area contributed by atoms with Crippen molar-refractivity contribution >= 4 is 0 Å². The molecule has 1 heterocycles. The summed E-state index contributed by atoms with van der Waals surface area (Å²) in [5, 5.41) is 0. The predicted octanol–water partition coefficient (Wildman–Crippen LogP) is 3.50. The summed E-state index contributed by atoms with van der Waals surface area (Å²) in [7, 11) is 0. The number of rotatable bonds is 3. The van der Waals surface area contributed by atoms with Crippen LogP contribution in [0.4, 0.5) is 0 Å². The second-order valence-electron chi connectivity index (χ2n) is 4.75. The molecule has 88 valence electrons. The summed E-state index contributed by atoms with van der Waals surface area (Å²) in [6.45, 7) is 6.37. The van der Waals surface area contributed by atoms with E-state index in [-0.39, 0.29) is 0 Å². The van der Waals surface area contributed by atoms with Crippen molar-refractivity contribution in [1.29, 1.82) is 0 Å². The molecule has 0 bridgehead atoms. The van der Waals surface area contributed by atoms with Gasteiger partial charge in [-0.1, -0.05) is 43.7 Å². The highest BCUT2D eigenvalue weighted by atomic mass is 14.8. The molecule has 0 aliphatic rings. The van der Waals surface area contributed by atoms with Crippen molar-refractivity contribution in [2.75, 3.05) is 0 Å². The molecule has 2 heteroatoms. The first-order valence-corrected chi connectivity index (χ1v) is 6.01. The highest BCUT2D eigenvalue weighted by molar-refractivity contribution is 5.25. The SMILES string of the molecule is Cc1cccc(Cc2cnc(C(C)C)cn2)c1. The average molecular weight is 226 g/mol. The van der Waals surface area contributed by atoms with Crippen LogP contribution < -0.4 is 0 Å². The summed E-state index contributed by atoms with van der Waals surface area (Å²) in [6.07, 6.45) is 4.63. The lowest BCUT2D eigenvalue weighted by atomic mass is 10.1. The molecule has 0 aliphatic carbocycles. The van der Waals surface area contributed by atoms with Crippen LogP contribution in [0.1, 0.15) is 42.3 Å². The predicted molar refractivity (Wildman–Crippen MR) is 70.1 cm³/mol. The minimum atomic E-state index is 0.440.